The van der Waals surface area contributed by atoms with Gasteiger partial charge in [0.2, 0.25) is 0 Å². The minimum atomic E-state index is -0.545. The summed E-state index contributed by atoms with van der Waals surface area (Å²) in [6.45, 7) is 1.52. The third kappa shape index (κ3) is 2.74. The van der Waals surface area contributed by atoms with Crippen molar-refractivity contribution in [3.63, 3.8) is 0 Å². The van der Waals surface area contributed by atoms with Crippen LogP contribution in [0, 0.1) is 5.92 Å². The molecule has 0 spiro atoms. The maximum atomic E-state index is 12.4. The molecule has 2 aromatic rings. The van der Waals surface area contributed by atoms with Gasteiger partial charge in [-0.1, -0.05) is 36.4 Å². The Balaban J connectivity index is 2.03. The van der Waals surface area contributed by atoms with Crippen molar-refractivity contribution in [2.45, 2.75) is 19.3 Å². The molecule has 3 heteroatoms. The normalized spacial score (nSPS) is 22.0. The van der Waals surface area contributed by atoms with Crippen molar-refractivity contribution in [2.75, 3.05) is 0 Å². The number of hydrogen-bond donors (Lipinski definition) is 0. The van der Waals surface area contributed by atoms with Gasteiger partial charge in [0.05, 0.1) is 5.92 Å². The summed E-state index contributed by atoms with van der Waals surface area (Å²) >= 11 is 1.63. The molecule has 106 valence electrons. The lowest BCUT2D eigenvalue weighted by atomic mass is 9.73. The summed E-state index contributed by atoms with van der Waals surface area (Å²) in [5, 5.41) is 2.01. The van der Waals surface area contributed by atoms with Crippen molar-refractivity contribution in [1.29, 1.82) is 0 Å². The Bertz CT molecular complexity index is 683. The summed E-state index contributed by atoms with van der Waals surface area (Å²) in [5.41, 5.74) is 2.11. The zero-order valence-corrected chi connectivity index (χ0v) is 12.6. The molecule has 1 aromatic heterocycles. The zero-order chi connectivity index (χ0) is 14.8. The maximum absolute atomic E-state index is 12.4. The second kappa shape index (κ2) is 5.78. The molecule has 0 bridgehead atoms. The molecule has 0 unspecified atom stereocenters. The van der Waals surface area contributed by atoms with Crippen LogP contribution in [0.5, 0.6) is 0 Å². The summed E-state index contributed by atoms with van der Waals surface area (Å²) in [5.74, 6) is -0.712. The first-order valence-corrected chi connectivity index (χ1v) is 7.88. The van der Waals surface area contributed by atoms with E-state index in [2.05, 4.69) is 0 Å². The highest BCUT2D eigenvalue weighted by molar-refractivity contribution is 7.11. The predicted molar refractivity (Wildman–Crippen MR) is 85.3 cm³/mol. The molecular weight excluding hydrogens is 280 g/mol. The number of hydrogen-bond acceptors (Lipinski definition) is 3. The number of allylic oxidation sites excluding steroid dienone is 2. The average molecular weight is 296 g/mol. The van der Waals surface area contributed by atoms with Gasteiger partial charge >= 0.3 is 0 Å². The van der Waals surface area contributed by atoms with E-state index in [1.165, 1.54) is 6.92 Å². The van der Waals surface area contributed by atoms with Crippen LogP contribution in [-0.2, 0) is 9.59 Å². The van der Waals surface area contributed by atoms with Crippen molar-refractivity contribution in [3.05, 3.63) is 64.4 Å². The molecule has 0 radical (unpaired) electrons. The van der Waals surface area contributed by atoms with Crippen LogP contribution >= 0.6 is 11.3 Å². The number of thiophene rings is 1. The van der Waals surface area contributed by atoms with E-state index in [-0.39, 0.29) is 17.5 Å². The SMILES string of the molecule is CC(=O)[C@@H]1C(=O)C=C(c2cccs2)C[C@@H]1c1ccccc1. The van der Waals surface area contributed by atoms with Gasteiger partial charge in [0.25, 0.3) is 0 Å². The van der Waals surface area contributed by atoms with Gasteiger partial charge in [0.15, 0.2) is 5.78 Å². The Kier molecular flexibility index (Phi) is 3.84. The lowest BCUT2D eigenvalue weighted by Crippen LogP contribution is -2.31. The molecule has 0 saturated carbocycles. The molecule has 0 aliphatic heterocycles. The third-order valence-electron chi connectivity index (χ3n) is 3.97. The number of carbonyl (C=O) groups is 2. The van der Waals surface area contributed by atoms with Gasteiger partial charge in [-0.05, 0) is 42.0 Å². The van der Waals surface area contributed by atoms with Crippen LogP contribution in [0.15, 0.2) is 53.9 Å². The van der Waals surface area contributed by atoms with Crippen molar-refractivity contribution in [3.8, 4) is 0 Å². The van der Waals surface area contributed by atoms with Crippen LogP contribution < -0.4 is 0 Å². The number of Topliss-reactive ketones (excluding diaryl/α,β-unsaturated/α-hetero) is 1. The van der Waals surface area contributed by atoms with E-state index in [0.29, 0.717) is 0 Å². The second-order valence-corrected chi connectivity index (χ2v) is 6.31. The van der Waals surface area contributed by atoms with Gasteiger partial charge in [0, 0.05) is 10.8 Å². The Morgan fingerprint density at radius 3 is 2.52 bits per heavy atom. The Labute approximate surface area is 128 Å². The first-order valence-electron chi connectivity index (χ1n) is 7.00. The van der Waals surface area contributed by atoms with E-state index in [1.54, 1.807) is 17.4 Å². The number of rotatable bonds is 3. The summed E-state index contributed by atoms with van der Waals surface area (Å²) in [6, 6.07) is 13.9. The second-order valence-electron chi connectivity index (χ2n) is 5.36. The number of benzene rings is 1. The Morgan fingerprint density at radius 2 is 1.90 bits per heavy atom. The Hall–Kier alpha value is -2.00. The van der Waals surface area contributed by atoms with Crippen molar-refractivity contribution in [1.82, 2.24) is 0 Å². The van der Waals surface area contributed by atoms with Crippen LogP contribution in [0.4, 0.5) is 0 Å². The fraction of sp³-hybridized carbons (Fsp3) is 0.222. The van der Waals surface area contributed by atoms with E-state index < -0.39 is 5.92 Å². The van der Waals surface area contributed by atoms with Crippen LogP contribution in [0.3, 0.4) is 0 Å². The molecular formula is C18H16O2S. The minimum Gasteiger partial charge on any atom is -0.299 e. The molecule has 21 heavy (non-hydrogen) atoms. The van der Waals surface area contributed by atoms with E-state index in [9.17, 15) is 9.59 Å². The molecule has 1 aromatic carbocycles. The number of ketones is 2. The van der Waals surface area contributed by atoms with Crippen molar-refractivity contribution in [2.24, 2.45) is 5.92 Å². The predicted octanol–water partition coefficient (Wildman–Crippen LogP) is 4.09. The Morgan fingerprint density at radius 1 is 1.14 bits per heavy atom. The summed E-state index contributed by atoms with van der Waals surface area (Å²) in [7, 11) is 0. The highest BCUT2D eigenvalue weighted by atomic mass is 32.1. The smallest absolute Gasteiger partial charge is 0.167 e. The molecule has 2 nitrogen and oxygen atoms in total. The van der Waals surface area contributed by atoms with E-state index >= 15 is 0 Å². The van der Waals surface area contributed by atoms with Gasteiger partial charge in [-0.3, -0.25) is 9.59 Å². The molecule has 1 aliphatic carbocycles. The monoisotopic (exact) mass is 296 g/mol. The van der Waals surface area contributed by atoms with Crippen LogP contribution in [0.1, 0.15) is 29.7 Å². The standard InChI is InChI=1S/C18H16O2S/c1-12(19)18-15(13-6-3-2-4-7-13)10-14(11-16(18)20)17-8-5-9-21-17/h2-9,11,15,18H,10H2,1H3/t15-,18+/m1/s1. The van der Waals surface area contributed by atoms with Gasteiger partial charge in [-0.2, -0.15) is 0 Å². The number of carbonyl (C=O) groups excluding carboxylic acids is 2. The summed E-state index contributed by atoms with van der Waals surface area (Å²) in [4.78, 5) is 25.5. The van der Waals surface area contributed by atoms with Crippen LogP contribution in [-0.4, -0.2) is 11.6 Å². The molecule has 0 fully saturated rings. The van der Waals surface area contributed by atoms with Crippen molar-refractivity contribution < 1.29 is 9.59 Å². The lowest BCUT2D eigenvalue weighted by Gasteiger charge is -2.29. The third-order valence-corrected chi connectivity index (χ3v) is 4.91. The van der Waals surface area contributed by atoms with Gasteiger partial charge in [0.1, 0.15) is 5.78 Å². The maximum Gasteiger partial charge on any atom is 0.167 e. The van der Waals surface area contributed by atoms with E-state index in [1.807, 2.05) is 47.8 Å². The van der Waals surface area contributed by atoms with Crippen molar-refractivity contribution >= 4 is 28.5 Å². The molecule has 0 amide bonds. The lowest BCUT2D eigenvalue weighted by molar-refractivity contribution is -0.130. The quantitative estimate of drug-likeness (QED) is 0.799. The topological polar surface area (TPSA) is 34.1 Å². The molecule has 3 rings (SSSR count). The molecule has 1 heterocycles. The fourth-order valence-corrected chi connectivity index (χ4v) is 3.76. The molecule has 0 saturated heterocycles. The van der Waals surface area contributed by atoms with Gasteiger partial charge in [-0.25, -0.2) is 0 Å². The first-order chi connectivity index (χ1) is 10.2. The van der Waals surface area contributed by atoms with Crippen LogP contribution in [0.2, 0.25) is 0 Å². The van der Waals surface area contributed by atoms with Gasteiger partial charge in [-0.15, -0.1) is 11.3 Å². The average Bonchev–Trinajstić information content (AvgIpc) is 3.01. The summed E-state index contributed by atoms with van der Waals surface area (Å²) < 4.78 is 0. The molecule has 1 aliphatic rings. The molecule has 2 atom stereocenters. The van der Waals surface area contributed by atoms with E-state index in [4.69, 9.17) is 0 Å². The highest BCUT2D eigenvalue weighted by Gasteiger charge is 2.36. The van der Waals surface area contributed by atoms with Gasteiger partial charge < -0.3 is 0 Å². The first kappa shape index (κ1) is 14.0. The zero-order valence-electron chi connectivity index (χ0n) is 11.8. The van der Waals surface area contributed by atoms with E-state index in [0.717, 1.165) is 22.4 Å². The summed E-state index contributed by atoms with van der Waals surface area (Å²) in [6.07, 6.45) is 2.40. The fourth-order valence-electron chi connectivity index (χ4n) is 3.00. The highest BCUT2D eigenvalue weighted by Crippen LogP contribution is 2.40. The van der Waals surface area contributed by atoms with Crippen LogP contribution in [0.25, 0.3) is 5.57 Å². The largest absolute Gasteiger partial charge is 0.299 e. The minimum absolute atomic E-state index is 0.0460. The molecule has 0 N–H and O–H groups in total.